The van der Waals surface area contributed by atoms with Gasteiger partial charge in [-0.05, 0) is 40.2 Å². The molecule has 1 heterocycles. The van der Waals surface area contributed by atoms with Gasteiger partial charge in [0.1, 0.15) is 18.2 Å². The zero-order chi connectivity index (χ0) is 13.8. The van der Waals surface area contributed by atoms with E-state index >= 15 is 0 Å². The third-order valence-electron chi connectivity index (χ3n) is 2.31. The van der Waals surface area contributed by atoms with E-state index < -0.39 is 0 Å². The summed E-state index contributed by atoms with van der Waals surface area (Å²) in [5.74, 6) is 6.47. The lowest BCUT2D eigenvalue weighted by Gasteiger charge is -2.10. The number of anilines is 1. The van der Waals surface area contributed by atoms with E-state index in [9.17, 15) is 0 Å². The first-order valence-electron chi connectivity index (χ1n) is 5.28. The zero-order valence-electron chi connectivity index (χ0n) is 9.66. The van der Waals surface area contributed by atoms with Gasteiger partial charge in [0.15, 0.2) is 0 Å². The summed E-state index contributed by atoms with van der Waals surface area (Å²) in [5, 5.41) is 1.06. The molecule has 0 aliphatic rings. The number of halogens is 3. The van der Waals surface area contributed by atoms with E-state index in [2.05, 4.69) is 26.3 Å². The van der Waals surface area contributed by atoms with Crippen molar-refractivity contribution in [2.75, 3.05) is 5.43 Å². The highest BCUT2D eigenvalue weighted by molar-refractivity contribution is 9.10. The fourth-order valence-corrected chi connectivity index (χ4v) is 2.28. The number of hydrogen-bond acceptors (Lipinski definition) is 4. The predicted octanol–water partition coefficient (Wildman–Crippen LogP) is 4.02. The van der Waals surface area contributed by atoms with Gasteiger partial charge in [0.2, 0.25) is 0 Å². The number of aromatic nitrogens is 1. The van der Waals surface area contributed by atoms with Crippen LogP contribution in [0, 0.1) is 0 Å². The maximum atomic E-state index is 5.90. The van der Waals surface area contributed by atoms with Crippen LogP contribution >= 0.6 is 39.1 Å². The second-order valence-electron chi connectivity index (χ2n) is 3.70. The second-order valence-corrected chi connectivity index (χ2v) is 5.43. The number of benzene rings is 1. The Bertz CT molecular complexity index is 575. The molecule has 0 saturated heterocycles. The molecule has 0 aliphatic heterocycles. The Kier molecular flexibility index (Phi) is 4.87. The molecule has 4 nitrogen and oxygen atoms in total. The van der Waals surface area contributed by atoms with Crippen LogP contribution in [0.1, 0.15) is 5.56 Å². The molecule has 0 atom stereocenters. The van der Waals surface area contributed by atoms with Gasteiger partial charge in [0.25, 0.3) is 0 Å². The van der Waals surface area contributed by atoms with Crippen LogP contribution in [0.5, 0.6) is 5.75 Å². The number of ether oxygens (including phenoxy) is 1. The maximum Gasteiger partial charge on any atom is 0.140 e. The molecule has 3 N–H and O–H groups in total. The van der Waals surface area contributed by atoms with Crippen molar-refractivity contribution < 1.29 is 4.74 Å². The zero-order valence-corrected chi connectivity index (χ0v) is 12.8. The largest absolute Gasteiger partial charge is 0.489 e. The number of nitrogens with two attached hydrogens (primary N) is 1. The van der Waals surface area contributed by atoms with Gasteiger partial charge in [-0.3, -0.25) is 0 Å². The molecule has 2 aromatic rings. The Hall–Kier alpha value is -1.01. The number of nitrogen functional groups attached to an aromatic ring is 1. The Labute approximate surface area is 129 Å². The van der Waals surface area contributed by atoms with Crippen molar-refractivity contribution in [3.63, 3.8) is 0 Å². The number of hydrogen-bond donors (Lipinski definition) is 2. The van der Waals surface area contributed by atoms with E-state index in [1.165, 1.54) is 0 Å². The summed E-state index contributed by atoms with van der Waals surface area (Å²) in [6.07, 6.45) is 1.65. The van der Waals surface area contributed by atoms with Crippen LogP contribution in [0.3, 0.4) is 0 Å². The lowest BCUT2D eigenvalue weighted by Crippen LogP contribution is -2.09. The first kappa shape index (κ1) is 14.4. The first-order valence-corrected chi connectivity index (χ1v) is 6.83. The molecule has 0 saturated carbocycles. The molecule has 0 spiro atoms. The van der Waals surface area contributed by atoms with Crippen molar-refractivity contribution in [3.8, 4) is 5.75 Å². The molecule has 7 heteroatoms. The highest BCUT2D eigenvalue weighted by Gasteiger charge is 2.05. The standard InChI is InChI=1S/C12H10BrCl2N3O/c13-11-5-17-12(18-16)1-7(11)6-19-10-3-8(14)2-9(15)4-10/h1-5H,6,16H2,(H,17,18). The number of rotatable bonds is 4. The lowest BCUT2D eigenvalue weighted by molar-refractivity contribution is 0.305. The quantitative estimate of drug-likeness (QED) is 0.637. The molecule has 0 radical (unpaired) electrons. The van der Waals surface area contributed by atoms with Crippen LogP contribution in [0.25, 0.3) is 0 Å². The molecule has 2 rings (SSSR count). The molecular weight excluding hydrogens is 353 g/mol. The minimum absolute atomic E-state index is 0.342. The van der Waals surface area contributed by atoms with Gasteiger partial charge in [-0.1, -0.05) is 23.2 Å². The van der Waals surface area contributed by atoms with Gasteiger partial charge in [-0.15, -0.1) is 0 Å². The third-order valence-corrected chi connectivity index (χ3v) is 3.46. The molecule has 100 valence electrons. The molecule has 1 aromatic carbocycles. The Morgan fingerprint density at radius 1 is 1.21 bits per heavy atom. The van der Waals surface area contributed by atoms with Crippen LogP contribution < -0.4 is 16.0 Å². The fourth-order valence-electron chi connectivity index (χ4n) is 1.44. The van der Waals surface area contributed by atoms with Crippen molar-refractivity contribution in [1.82, 2.24) is 4.98 Å². The first-order chi connectivity index (χ1) is 9.08. The van der Waals surface area contributed by atoms with Crippen molar-refractivity contribution in [3.05, 3.63) is 50.5 Å². The van der Waals surface area contributed by atoms with Gasteiger partial charge in [0.05, 0.1) is 0 Å². The topological polar surface area (TPSA) is 60.2 Å². The van der Waals surface area contributed by atoms with Crippen molar-refractivity contribution in [2.45, 2.75) is 6.61 Å². The summed E-state index contributed by atoms with van der Waals surface area (Å²) in [6.45, 7) is 0.342. The smallest absolute Gasteiger partial charge is 0.140 e. The molecule has 0 amide bonds. The van der Waals surface area contributed by atoms with Crippen LogP contribution in [0.2, 0.25) is 10.0 Å². The van der Waals surface area contributed by atoms with Gasteiger partial charge in [0, 0.05) is 26.3 Å². The molecule has 19 heavy (non-hydrogen) atoms. The van der Waals surface area contributed by atoms with Gasteiger partial charge in [-0.25, -0.2) is 10.8 Å². The molecule has 1 aromatic heterocycles. The van der Waals surface area contributed by atoms with Crippen LogP contribution in [0.4, 0.5) is 5.82 Å². The molecule has 0 fully saturated rings. The Balaban J connectivity index is 2.13. The Morgan fingerprint density at radius 2 is 1.89 bits per heavy atom. The van der Waals surface area contributed by atoms with E-state index in [0.717, 1.165) is 10.0 Å². The van der Waals surface area contributed by atoms with Crippen molar-refractivity contribution in [2.24, 2.45) is 5.84 Å². The summed E-state index contributed by atoms with van der Waals surface area (Å²) in [6, 6.07) is 6.83. The monoisotopic (exact) mass is 361 g/mol. The fraction of sp³-hybridized carbons (Fsp3) is 0.0833. The van der Waals surface area contributed by atoms with E-state index in [-0.39, 0.29) is 0 Å². The predicted molar refractivity (Wildman–Crippen MR) is 80.5 cm³/mol. The lowest BCUT2D eigenvalue weighted by atomic mass is 10.3. The Morgan fingerprint density at radius 3 is 2.53 bits per heavy atom. The van der Waals surface area contributed by atoms with Crippen LogP contribution in [-0.2, 0) is 6.61 Å². The van der Waals surface area contributed by atoms with Gasteiger partial charge in [-0.2, -0.15) is 0 Å². The van der Waals surface area contributed by atoms with E-state index in [1.54, 1.807) is 30.5 Å². The van der Waals surface area contributed by atoms with Crippen LogP contribution in [-0.4, -0.2) is 4.98 Å². The normalized spacial score (nSPS) is 10.3. The van der Waals surface area contributed by atoms with Crippen LogP contribution in [0.15, 0.2) is 34.9 Å². The second kappa shape index (κ2) is 6.43. The SMILES string of the molecule is NNc1cc(COc2cc(Cl)cc(Cl)c2)c(Br)cn1. The van der Waals surface area contributed by atoms with Gasteiger partial charge < -0.3 is 10.2 Å². The maximum absolute atomic E-state index is 5.90. The average molecular weight is 363 g/mol. The summed E-state index contributed by atoms with van der Waals surface area (Å²) < 4.78 is 6.47. The van der Waals surface area contributed by atoms with Crippen molar-refractivity contribution >= 4 is 44.9 Å². The highest BCUT2D eigenvalue weighted by Crippen LogP contribution is 2.26. The molecule has 0 bridgehead atoms. The molecular formula is C12H10BrCl2N3O. The number of nitrogens with zero attached hydrogens (tertiary/aromatic N) is 1. The minimum atomic E-state index is 0.342. The summed E-state index contributed by atoms with van der Waals surface area (Å²) >= 11 is 15.2. The molecule has 0 unspecified atom stereocenters. The third kappa shape index (κ3) is 3.98. The summed E-state index contributed by atoms with van der Waals surface area (Å²) in [4.78, 5) is 4.06. The summed E-state index contributed by atoms with van der Waals surface area (Å²) in [5.41, 5.74) is 3.38. The molecule has 0 aliphatic carbocycles. The number of nitrogens with one attached hydrogen (secondary N) is 1. The average Bonchev–Trinajstić information content (AvgIpc) is 2.37. The van der Waals surface area contributed by atoms with Crippen molar-refractivity contribution in [1.29, 1.82) is 0 Å². The van der Waals surface area contributed by atoms with Gasteiger partial charge >= 0.3 is 0 Å². The minimum Gasteiger partial charge on any atom is -0.489 e. The number of hydrazine groups is 1. The number of pyridine rings is 1. The van der Waals surface area contributed by atoms with E-state index in [1.807, 2.05) is 0 Å². The van der Waals surface area contributed by atoms with E-state index in [0.29, 0.717) is 28.2 Å². The van der Waals surface area contributed by atoms with E-state index in [4.69, 9.17) is 33.8 Å². The highest BCUT2D eigenvalue weighted by atomic mass is 79.9. The summed E-state index contributed by atoms with van der Waals surface area (Å²) in [7, 11) is 0.